The van der Waals surface area contributed by atoms with Crippen molar-refractivity contribution < 1.29 is 19.8 Å². The third-order valence-corrected chi connectivity index (χ3v) is 3.26. The first-order chi connectivity index (χ1) is 8.43. The molecule has 1 aliphatic carbocycles. The van der Waals surface area contributed by atoms with Crippen LogP contribution in [-0.2, 0) is 4.79 Å². The molecule has 0 aromatic heterocycles. The number of nitrogens with zero attached hydrogens (tertiary/aromatic N) is 1. The van der Waals surface area contributed by atoms with E-state index in [4.69, 9.17) is 10.2 Å². The van der Waals surface area contributed by atoms with E-state index in [2.05, 4.69) is 5.32 Å². The van der Waals surface area contributed by atoms with Gasteiger partial charge in [0.15, 0.2) is 0 Å². The van der Waals surface area contributed by atoms with Crippen molar-refractivity contribution >= 4 is 12.0 Å². The normalized spacial score (nSPS) is 23.9. The first kappa shape index (κ1) is 14.8. The Kier molecular flexibility index (Phi) is 5.40. The molecule has 0 unspecified atom stereocenters. The molecule has 1 atom stereocenters. The van der Waals surface area contributed by atoms with Gasteiger partial charge in [0.1, 0.15) is 6.04 Å². The number of rotatable bonds is 6. The van der Waals surface area contributed by atoms with Gasteiger partial charge in [-0.25, -0.2) is 9.59 Å². The summed E-state index contributed by atoms with van der Waals surface area (Å²) in [5, 5.41) is 20.6. The minimum absolute atomic E-state index is 0.238. The molecule has 0 aromatic rings. The summed E-state index contributed by atoms with van der Waals surface area (Å²) in [6.45, 7) is 2.43. The molecule has 2 amide bonds. The lowest BCUT2D eigenvalue weighted by atomic mass is 9.82. The number of aliphatic hydroxyl groups is 1. The number of nitrogens with one attached hydrogen (secondary N) is 1. The van der Waals surface area contributed by atoms with Gasteiger partial charge in [0.25, 0.3) is 0 Å². The molecule has 18 heavy (non-hydrogen) atoms. The fraction of sp³-hybridized carbons (Fsp3) is 0.833. The summed E-state index contributed by atoms with van der Waals surface area (Å²) in [5.74, 6) is -0.678. The average molecular weight is 258 g/mol. The van der Waals surface area contributed by atoms with Crippen LogP contribution in [0.1, 0.15) is 32.6 Å². The molecule has 6 nitrogen and oxygen atoms in total. The Balaban J connectivity index is 2.35. The highest BCUT2D eigenvalue weighted by molar-refractivity contribution is 5.82. The van der Waals surface area contributed by atoms with Gasteiger partial charge in [0.2, 0.25) is 0 Å². The maximum Gasteiger partial charge on any atom is 0.326 e. The van der Waals surface area contributed by atoms with Crippen LogP contribution < -0.4 is 5.32 Å². The van der Waals surface area contributed by atoms with Crippen molar-refractivity contribution in [3.05, 3.63) is 0 Å². The SMILES string of the molecule is CCC[C@H](NC(=O)N(C)CC1CC(O)C1)C(=O)O. The first-order valence-corrected chi connectivity index (χ1v) is 6.36. The predicted octanol–water partition coefficient (Wildman–Crippen LogP) is 0.652. The zero-order valence-electron chi connectivity index (χ0n) is 10.9. The standard InChI is InChI=1S/C12H22N2O4/c1-3-4-10(11(16)17)13-12(18)14(2)7-8-5-9(15)6-8/h8-10,15H,3-7H2,1-2H3,(H,13,18)(H,16,17)/t8?,9?,10-/m0/s1. The zero-order valence-corrected chi connectivity index (χ0v) is 10.9. The number of carboxylic acids is 1. The van der Waals surface area contributed by atoms with Gasteiger partial charge < -0.3 is 20.4 Å². The van der Waals surface area contributed by atoms with Crippen LogP contribution in [0.15, 0.2) is 0 Å². The molecule has 0 radical (unpaired) electrons. The van der Waals surface area contributed by atoms with Gasteiger partial charge in [-0.3, -0.25) is 0 Å². The van der Waals surface area contributed by atoms with Gasteiger partial charge in [-0.1, -0.05) is 13.3 Å². The van der Waals surface area contributed by atoms with Gasteiger partial charge in [0.05, 0.1) is 6.10 Å². The maximum atomic E-state index is 11.8. The van der Waals surface area contributed by atoms with E-state index in [1.165, 1.54) is 4.90 Å². The van der Waals surface area contributed by atoms with Crippen LogP contribution in [0.4, 0.5) is 4.79 Å². The Morgan fingerprint density at radius 2 is 2.06 bits per heavy atom. The van der Waals surface area contributed by atoms with Crippen molar-refractivity contribution in [1.82, 2.24) is 10.2 Å². The largest absolute Gasteiger partial charge is 0.480 e. The average Bonchev–Trinajstić information content (AvgIpc) is 2.25. The molecule has 0 aromatic carbocycles. The number of carbonyl (C=O) groups is 2. The summed E-state index contributed by atoms with van der Waals surface area (Å²) >= 11 is 0. The van der Waals surface area contributed by atoms with E-state index in [9.17, 15) is 9.59 Å². The number of aliphatic hydroxyl groups excluding tert-OH is 1. The summed E-state index contributed by atoms with van der Waals surface area (Å²) in [5.41, 5.74) is 0. The molecule has 1 fully saturated rings. The molecule has 0 bridgehead atoms. The number of carboxylic acid groups (broad SMARTS) is 1. The van der Waals surface area contributed by atoms with Crippen LogP contribution in [-0.4, -0.2) is 52.9 Å². The fourth-order valence-corrected chi connectivity index (χ4v) is 2.13. The van der Waals surface area contributed by atoms with E-state index < -0.39 is 12.0 Å². The van der Waals surface area contributed by atoms with E-state index in [1.807, 2.05) is 6.92 Å². The second-order valence-corrected chi connectivity index (χ2v) is 5.00. The van der Waals surface area contributed by atoms with Crippen molar-refractivity contribution in [2.75, 3.05) is 13.6 Å². The van der Waals surface area contributed by atoms with Crippen LogP contribution in [0.3, 0.4) is 0 Å². The van der Waals surface area contributed by atoms with Gasteiger partial charge >= 0.3 is 12.0 Å². The lowest BCUT2D eigenvalue weighted by molar-refractivity contribution is -0.139. The van der Waals surface area contributed by atoms with Crippen LogP contribution in [0.25, 0.3) is 0 Å². The Hall–Kier alpha value is -1.30. The van der Waals surface area contributed by atoms with Gasteiger partial charge in [0, 0.05) is 13.6 Å². The number of hydrogen-bond donors (Lipinski definition) is 3. The molecule has 104 valence electrons. The molecule has 0 aliphatic heterocycles. The molecule has 1 rings (SSSR count). The molecule has 1 saturated carbocycles. The highest BCUT2D eigenvalue weighted by Gasteiger charge is 2.29. The summed E-state index contributed by atoms with van der Waals surface area (Å²) in [4.78, 5) is 24.2. The van der Waals surface area contributed by atoms with E-state index >= 15 is 0 Å². The summed E-state index contributed by atoms with van der Waals surface area (Å²) in [7, 11) is 1.64. The minimum atomic E-state index is -1.00. The second-order valence-electron chi connectivity index (χ2n) is 5.00. The zero-order chi connectivity index (χ0) is 13.7. The van der Waals surface area contributed by atoms with E-state index in [0.717, 1.165) is 12.8 Å². The fourth-order valence-electron chi connectivity index (χ4n) is 2.13. The van der Waals surface area contributed by atoms with Crippen molar-refractivity contribution in [1.29, 1.82) is 0 Å². The van der Waals surface area contributed by atoms with Crippen molar-refractivity contribution in [2.24, 2.45) is 5.92 Å². The summed E-state index contributed by atoms with van der Waals surface area (Å²) in [6.07, 6.45) is 2.33. The van der Waals surface area contributed by atoms with Crippen molar-refractivity contribution in [2.45, 2.75) is 44.8 Å². The number of carbonyl (C=O) groups excluding carboxylic acids is 1. The van der Waals surface area contributed by atoms with Gasteiger partial charge in [-0.05, 0) is 25.2 Å². The van der Waals surface area contributed by atoms with E-state index in [1.54, 1.807) is 7.05 Å². The molecule has 0 heterocycles. The van der Waals surface area contributed by atoms with Crippen molar-refractivity contribution in [3.63, 3.8) is 0 Å². The molecular formula is C12H22N2O4. The van der Waals surface area contributed by atoms with Crippen LogP contribution >= 0.6 is 0 Å². The Labute approximate surface area is 107 Å². The van der Waals surface area contributed by atoms with Crippen molar-refractivity contribution in [3.8, 4) is 0 Å². The van der Waals surface area contributed by atoms with Crippen LogP contribution in [0, 0.1) is 5.92 Å². The first-order valence-electron chi connectivity index (χ1n) is 6.36. The Bertz CT molecular complexity index is 302. The molecule has 0 spiro atoms. The van der Waals surface area contributed by atoms with Crippen LogP contribution in [0.2, 0.25) is 0 Å². The van der Waals surface area contributed by atoms with Gasteiger partial charge in [-0.2, -0.15) is 0 Å². The Morgan fingerprint density at radius 3 is 2.50 bits per heavy atom. The third-order valence-electron chi connectivity index (χ3n) is 3.26. The van der Waals surface area contributed by atoms with E-state index in [-0.39, 0.29) is 12.1 Å². The molecule has 0 saturated heterocycles. The molecule has 3 N–H and O–H groups in total. The monoisotopic (exact) mass is 258 g/mol. The molecular weight excluding hydrogens is 236 g/mol. The number of hydrogen-bond acceptors (Lipinski definition) is 3. The van der Waals surface area contributed by atoms with E-state index in [0.29, 0.717) is 25.3 Å². The highest BCUT2D eigenvalue weighted by Crippen LogP contribution is 2.27. The Morgan fingerprint density at radius 1 is 1.44 bits per heavy atom. The number of aliphatic carboxylic acids is 1. The lowest BCUT2D eigenvalue weighted by Gasteiger charge is -2.34. The summed E-state index contributed by atoms with van der Waals surface area (Å²) < 4.78 is 0. The maximum absolute atomic E-state index is 11.8. The van der Waals surface area contributed by atoms with Crippen LogP contribution in [0.5, 0.6) is 0 Å². The quantitative estimate of drug-likeness (QED) is 0.652. The van der Waals surface area contributed by atoms with Gasteiger partial charge in [-0.15, -0.1) is 0 Å². The predicted molar refractivity (Wildman–Crippen MR) is 66.2 cm³/mol. The smallest absolute Gasteiger partial charge is 0.326 e. The molecule has 1 aliphatic rings. The minimum Gasteiger partial charge on any atom is -0.480 e. The number of amides is 2. The topological polar surface area (TPSA) is 89.9 Å². The molecule has 6 heteroatoms. The highest BCUT2D eigenvalue weighted by atomic mass is 16.4. The summed E-state index contributed by atoms with van der Waals surface area (Å²) in [6, 6.07) is -1.19. The third kappa shape index (κ3) is 4.18. The second kappa shape index (κ2) is 6.58. The lowest BCUT2D eigenvalue weighted by Crippen LogP contribution is -2.49. The number of urea groups is 1.